The minimum Gasteiger partial charge on any atom is -0.301 e. The van der Waals surface area contributed by atoms with Gasteiger partial charge in [0.1, 0.15) is 0 Å². The molecule has 0 aliphatic carbocycles. The topological polar surface area (TPSA) is 49.6 Å². The molecule has 102 valence electrons. The molecule has 0 radical (unpaired) electrons. The molecule has 18 heavy (non-hydrogen) atoms. The molecule has 1 atom stereocenters. The number of hydrogen-bond acceptors (Lipinski definition) is 4. The first-order chi connectivity index (χ1) is 8.56. The van der Waals surface area contributed by atoms with Gasteiger partial charge in [0.25, 0.3) is 0 Å². The first kappa shape index (κ1) is 14.9. The lowest BCUT2D eigenvalue weighted by Crippen LogP contribution is -2.47. The van der Waals surface area contributed by atoms with Gasteiger partial charge in [-0.15, -0.1) is 6.58 Å². The fourth-order valence-corrected chi connectivity index (χ4v) is 2.22. The van der Waals surface area contributed by atoms with Crippen molar-refractivity contribution in [3.63, 3.8) is 0 Å². The number of likely N-dealkylation sites (N-methyl/N-ethyl adjacent to an activating group) is 1. The average Bonchev–Trinajstić information content (AvgIpc) is 2.38. The zero-order valence-electron chi connectivity index (χ0n) is 11.2. The van der Waals surface area contributed by atoms with Crippen LogP contribution in [0.4, 0.5) is 0 Å². The number of nitrogens with zero attached hydrogens (tertiary/aromatic N) is 3. The van der Waals surface area contributed by atoms with Gasteiger partial charge in [-0.05, 0) is 19.0 Å². The molecule has 1 unspecified atom stereocenters. The van der Waals surface area contributed by atoms with Gasteiger partial charge in [-0.2, -0.15) is 0 Å². The van der Waals surface area contributed by atoms with Crippen molar-refractivity contribution in [3.8, 4) is 0 Å². The van der Waals surface area contributed by atoms with E-state index in [4.69, 9.17) is 0 Å². The summed E-state index contributed by atoms with van der Waals surface area (Å²) in [6.07, 6.45) is 2.20. The van der Waals surface area contributed by atoms with Gasteiger partial charge in [0.2, 0.25) is 5.70 Å². The van der Waals surface area contributed by atoms with Crippen molar-refractivity contribution >= 4 is 0 Å². The van der Waals surface area contributed by atoms with Gasteiger partial charge in [-0.25, -0.2) is 0 Å². The normalized spacial score (nSPS) is 19.4. The maximum atomic E-state index is 10.6. The maximum absolute atomic E-state index is 10.6. The van der Waals surface area contributed by atoms with Crippen LogP contribution < -0.4 is 0 Å². The van der Waals surface area contributed by atoms with Gasteiger partial charge in [-0.3, -0.25) is 10.1 Å². The number of piperazine rings is 1. The summed E-state index contributed by atoms with van der Waals surface area (Å²) in [6.45, 7) is 15.6. The van der Waals surface area contributed by atoms with E-state index < -0.39 is 4.92 Å². The molecule has 1 rings (SSSR count). The number of allylic oxidation sites excluding steroid dienone is 1. The Morgan fingerprint density at radius 2 is 1.94 bits per heavy atom. The van der Waals surface area contributed by atoms with Crippen molar-refractivity contribution in [2.24, 2.45) is 5.92 Å². The van der Waals surface area contributed by atoms with Gasteiger partial charge >= 0.3 is 0 Å². The number of rotatable bonds is 7. The van der Waals surface area contributed by atoms with Crippen molar-refractivity contribution in [2.75, 3.05) is 39.3 Å². The minimum atomic E-state index is -0.397. The van der Waals surface area contributed by atoms with Crippen LogP contribution in [0, 0.1) is 16.0 Å². The van der Waals surface area contributed by atoms with Gasteiger partial charge in [0, 0.05) is 39.1 Å². The molecule has 0 N–H and O–H groups in total. The Kier molecular flexibility index (Phi) is 6.01. The lowest BCUT2D eigenvalue weighted by atomic mass is 10.0. The molecule has 5 heteroatoms. The molecule has 0 aromatic rings. The molecule has 0 aromatic heterocycles. The highest BCUT2D eigenvalue weighted by atomic mass is 16.6. The first-order valence-electron chi connectivity index (χ1n) is 6.46. The summed E-state index contributed by atoms with van der Waals surface area (Å²) in [5.41, 5.74) is 0.0760. The first-order valence-corrected chi connectivity index (χ1v) is 6.46. The van der Waals surface area contributed by atoms with E-state index >= 15 is 0 Å². The number of nitro groups is 1. The molecule has 1 fully saturated rings. The summed E-state index contributed by atoms with van der Waals surface area (Å²) in [5, 5.41) is 10.6. The van der Waals surface area contributed by atoms with E-state index in [1.54, 1.807) is 6.08 Å². The van der Waals surface area contributed by atoms with Crippen LogP contribution in [0.3, 0.4) is 0 Å². The Labute approximate surface area is 109 Å². The van der Waals surface area contributed by atoms with E-state index in [-0.39, 0.29) is 11.6 Å². The third-order valence-electron chi connectivity index (χ3n) is 3.49. The lowest BCUT2D eigenvalue weighted by molar-refractivity contribution is -0.428. The largest absolute Gasteiger partial charge is 0.301 e. The summed E-state index contributed by atoms with van der Waals surface area (Å²) in [4.78, 5) is 14.9. The van der Waals surface area contributed by atoms with Crippen LogP contribution >= 0.6 is 0 Å². The molecule has 0 bridgehead atoms. The van der Waals surface area contributed by atoms with Crippen LogP contribution in [-0.2, 0) is 0 Å². The van der Waals surface area contributed by atoms with E-state index in [1.807, 2.05) is 0 Å². The van der Waals surface area contributed by atoms with Gasteiger partial charge in [0.05, 0.1) is 4.92 Å². The summed E-state index contributed by atoms with van der Waals surface area (Å²) in [6, 6.07) is 0. The van der Waals surface area contributed by atoms with Crippen LogP contribution in [-0.4, -0.2) is 54.0 Å². The fourth-order valence-electron chi connectivity index (χ4n) is 2.22. The molecule has 0 saturated carbocycles. The highest BCUT2D eigenvalue weighted by Gasteiger charge is 2.20. The Morgan fingerprint density at radius 1 is 1.39 bits per heavy atom. The molecule has 1 aliphatic heterocycles. The van der Waals surface area contributed by atoms with Crippen LogP contribution in [0.15, 0.2) is 24.9 Å². The molecular weight excluding hydrogens is 230 g/mol. The molecule has 0 spiro atoms. The smallest absolute Gasteiger partial charge is 0.239 e. The molecule has 1 saturated heterocycles. The van der Waals surface area contributed by atoms with Crippen molar-refractivity contribution in [1.29, 1.82) is 0 Å². The highest BCUT2D eigenvalue weighted by Crippen LogP contribution is 2.15. The molecular formula is C13H23N3O2. The second-order valence-electron chi connectivity index (χ2n) is 4.76. The zero-order chi connectivity index (χ0) is 13.5. The van der Waals surface area contributed by atoms with Crippen molar-refractivity contribution in [1.82, 2.24) is 9.80 Å². The zero-order valence-corrected chi connectivity index (χ0v) is 11.2. The molecule has 0 aromatic carbocycles. The Morgan fingerprint density at radius 3 is 2.39 bits per heavy atom. The van der Waals surface area contributed by atoms with Gasteiger partial charge < -0.3 is 9.80 Å². The third kappa shape index (κ3) is 4.58. The Hall–Kier alpha value is -1.20. The quantitative estimate of drug-likeness (QED) is 0.393. The van der Waals surface area contributed by atoms with Crippen LogP contribution in [0.5, 0.6) is 0 Å². The molecule has 5 nitrogen and oxygen atoms in total. The van der Waals surface area contributed by atoms with Crippen molar-refractivity contribution in [3.05, 3.63) is 35.0 Å². The third-order valence-corrected chi connectivity index (χ3v) is 3.49. The monoisotopic (exact) mass is 253 g/mol. The fraction of sp³-hybridized carbons (Fsp3) is 0.692. The lowest BCUT2D eigenvalue weighted by Gasteiger charge is -2.35. The molecule has 1 aliphatic rings. The summed E-state index contributed by atoms with van der Waals surface area (Å²) in [7, 11) is 0. The Bertz CT molecular complexity index is 309. The highest BCUT2D eigenvalue weighted by molar-refractivity contribution is 4.92. The number of hydrogen-bond donors (Lipinski definition) is 0. The van der Waals surface area contributed by atoms with E-state index in [0.717, 1.165) is 39.3 Å². The van der Waals surface area contributed by atoms with E-state index in [1.165, 1.54) is 0 Å². The summed E-state index contributed by atoms with van der Waals surface area (Å²) >= 11 is 0. The van der Waals surface area contributed by atoms with Gasteiger partial charge in [-0.1, -0.05) is 13.0 Å². The minimum absolute atomic E-state index is 0.0760. The molecule has 0 amide bonds. The van der Waals surface area contributed by atoms with E-state index in [0.29, 0.717) is 6.42 Å². The van der Waals surface area contributed by atoms with Crippen LogP contribution in [0.1, 0.15) is 13.3 Å². The summed E-state index contributed by atoms with van der Waals surface area (Å²) in [5.74, 6) is 0.121. The predicted octanol–water partition coefficient (Wildman–Crippen LogP) is 1.61. The maximum Gasteiger partial charge on any atom is 0.239 e. The van der Waals surface area contributed by atoms with E-state index in [2.05, 4.69) is 29.9 Å². The SMILES string of the molecule is C=CC(CC(=C)[N+](=O)[O-])CN1CCN(CC)CC1. The predicted molar refractivity (Wildman–Crippen MR) is 73.0 cm³/mol. The van der Waals surface area contributed by atoms with E-state index in [9.17, 15) is 10.1 Å². The Balaban J connectivity index is 2.37. The van der Waals surface area contributed by atoms with Crippen LogP contribution in [0.2, 0.25) is 0 Å². The second kappa shape index (κ2) is 7.28. The molecule has 1 heterocycles. The van der Waals surface area contributed by atoms with Crippen LogP contribution in [0.25, 0.3) is 0 Å². The van der Waals surface area contributed by atoms with Crippen molar-refractivity contribution in [2.45, 2.75) is 13.3 Å². The summed E-state index contributed by atoms with van der Waals surface area (Å²) < 4.78 is 0. The standard InChI is InChI=1S/C13H23N3O2/c1-4-13(10-12(3)16(17)18)11-15-8-6-14(5-2)7-9-15/h4,13H,1,3,5-11H2,2H3. The second-order valence-corrected chi connectivity index (χ2v) is 4.76. The van der Waals surface area contributed by atoms with Gasteiger partial charge in [0.15, 0.2) is 0 Å². The average molecular weight is 253 g/mol. The van der Waals surface area contributed by atoms with Crippen molar-refractivity contribution < 1.29 is 4.92 Å².